The third-order valence-corrected chi connectivity index (χ3v) is 6.92. The number of fused-ring (bicyclic) bond motifs is 1. The molecule has 4 rings (SSSR count). The molecule has 1 unspecified atom stereocenters. The predicted octanol–water partition coefficient (Wildman–Crippen LogP) is 3.53. The lowest BCUT2D eigenvalue weighted by Gasteiger charge is -2.57. The maximum absolute atomic E-state index is 11.9. The summed E-state index contributed by atoms with van der Waals surface area (Å²) < 4.78 is 5.63. The van der Waals surface area contributed by atoms with Crippen LogP contribution in [0.25, 0.3) is 0 Å². The van der Waals surface area contributed by atoms with Crippen LogP contribution in [0, 0.1) is 12.8 Å². The van der Waals surface area contributed by atoms with Crippen molar-refractivity contribution in [1.29, 1.82) is 0 Å². The van der Waals surface area contributed by atoms with Crippen LogP contribution in [0.4, 0.5) is 0 Å². The fraction of sp³-hybridized carbons (Fsp3) is 0.636. The summed E-state index contributed by atoms with van der Waals surface area (Å²) in [5.74, 6) is 1.50. The van der Waals surface area contributed by atoms with E-state index in [4.69, 9.17) is 4.74 Å². The molecule has 0 spiro atoms. The van der Waals surface area contributed by atoms with Crippen molar-refractivity contribution >= 4 is 0 Å². The molecule has 2 saturated carbocycles. The van der Waals surface area contributed by atoms with Crippen LogP contribution in [0.15, 0.2) is 24.3 Å². The molecule has 0 aromatic heterocycles. The second-order valence-electron chi connectivity index (χ2n) is 8.78. The number of likely N-dealkylation sites (tertiary alicyclic amines) is 1. The normalized spacial score (nSPS) is 32.3. The number of nitrogens with zero attached hydrogens (tertiary/aromatic N) is 1. The number of hydrogen-bond donors (Lipinski definition) is 2. The Kier molecular flexibility index (Phi) is 4.31. The van der Waals surface area contributed by atoms with Crippen molar-refractivity contribution in [3.8, 4) is 11.5 Å². The lowest BCUT2D eigenvalue weighted by Crippen LogP contribution is -2.64. The van der Waals surface area contributed by atoms with Gasteiger partial charge in [0, 0.05) is 24.1 Å². The highest BCUT2D eigenvalue weighted by Crippen LogP contribution is 2.57. The number of phenols is 1. The van der Waals surface area contributed by atoms with Crippen LogP contribution in [0.2, 0.25) is 0 Å². The van der Waals surface area contributed by atoms with E-state index in [9.17, 15) is 10.2 Å². The molecule has 0 amide bonds. The van der Waals surface area contributed by atoms with E-state index in [1.165, 1.54) is 18.4 Å². The van der Waals surface area contributed by atoms with E-state index in [0.29, 0.717) is 12.3 Å². The van der Waals surface area contributed by atoms with E-state index in [0.717, 1.165) is 55.8 Å². The van der Waals surface area contributed by atoms with Crippen LogP contribution in [0.1, 0.15) is 49.7 Å². The summed E-state index contributed by atoms with van der Waals surface area (Å²) in [6.45, 7) is 9.11. The average molecular weight is 357 g/mol. The minimum atomic E-state index is -0.812. The van der Waals surface area contributed by atoms with Crippen molar-refractivity contribution in [1.82, 2.24) is 4.90 Å². The van der Waals surface area contributed by atoms with Crippen LogP contribution in [0.3, 0.4) is 0 Å². The Labute approximate surface area is 156 Å². The summed E-state index contributed by atoms with van der Waals surface area (Å²) in [4.78, 5) is 2.45. The SMILES string of the molecule is C=C1CC[C@@]2(O)CN(CC3CC3)CCC2(c2c(C)ccc(O)c2OC)C1. The van der Waals surface area contributed by atoms with Gasteiger partial charge in [0.2, 0.25) is 0 Å². The molecule has 1 saturated heterocycles. The monoisotopic (exact) mass is 357 g/mol. The zero-order valence-corrected chi connectivity index (χ0v) is 16.1. The molecular weight excluding hydrogens is 326 g/mol. The number of aliphatic hydroxyl groups is 1. The number of aromatic hydroxyl groups is 1. The highest BCUT2D eigenvalue weighted by molar-refractivity contribution is 5.56. The Hall–Kier alpha value is -1.52. The van der Waals surface area contributed by atoms with Gasteiger partial charge in [-0.05, 0) is 69.5 Å². The van der Waals surface area contributed by atoms with Crippen molar-refractivity contribution < 1.29 is 14.9 Å². The van der Waals surface area contributed by atoms with E-state index in [-0.39, 0.29) is 5.75 Å². The number of β-amino-alcohol motifs (C(OH)–C–C–N with tert-alkyl or cyclic N) is 1. The molecule has 2 atom stereocenters. The van der Waals surface area contributed by atoms with E-state index in [1.807, 2.05) is 6.07 Å². The molecule has 3 fully saturated rings. The van der Waals surface area contributed by atoms with Crippen LogP contribution in [-0.4, -0.2) is 47.5 Å². The minimum absolute atomic E-state index is 0.154. The maximum atomic E-state index is 11.9. The lowest BCUT2D eigenvalue weighted by atomic mass is 9.54. The zero-order valence-electron chi connectivity index (χ0n) is 16.1. The van der Waals surface area contributed by atoms with Crippen molar-refractivity contribution in [2.75, 3.05) is 26.7 Å². The Morgan fingerprint density at radius 2 is 2.08 bits per heavy atom. The van der Waals surface area contributed by atoms with Gasteiger partial charge in [-0.15, -0.1) is 0 Å². The number of methoxy groups -OCH3 is 1. The van der Waals surface area contributed by atoms with Crippen LogP contribution >= 0.6 is 0 Å². The van der Waals surface area contributed by atoms with Crippen molar-refractivity contribution in [2.45, 2.75) is 56.5 Å². The van der Waals surface area contributed by atoms with Gasteiger partial charge in [0.25, 0.3) is 0 Å². The van der Waals surface area contributed by atoms with Gasteiger partial charge < -0.3 is 19.8 Å². The molecule has 0 bridgehead atoms. The molecule has 4 heteroatoms. The fourth-order valence-electron chi connectivity index (χ4n) is 5.39. The van der Waals surface area contributed by atoms with Crippen LogP contribution in [-0.2, 0) is 5.41 Å². The van der Waals surface area contributed by atoms with E-state index < -0.39 is 11.0 Å². The lowest BCUT2D eigenvalue weighted by molar-refractivity contribution is -0.113. The number of aryl methyl sites for hydroxylation is 1. The highest BCUT2D eigenvalue weighted by atomic mass is 16.5. The number of piperidine rings is 1. The van der Waals surface area contributed by atoms with Gasteiger partial charge in [-0.1, -0.05) is 18.2 Å². The molecule has 1 heterocycles. The molecule has 4 nitrogen and oxygen atoms in total. The first-order valence-corrected chi connectivity index (χ1v) is 9.87. The number of hydrogen-bond acceptors (Lipinski definition) is 4. The molecule has 1 aromatic carbocycles. The topological polar surface area (TPSA) is 52.9 Å². The molecule has 142 valence electrons. The number of phenolic OH excluding ortho intramolecular Hbond substituents is 1. The molecular formula is C22H31NO3. The van der Waals surface area contributed by atoms with Gasteiger partial charge >= 0.3 is 0 Å². The first kappa shape index (κ1) is 17.9. The fourth-order valence-corrected chi connectivity index (χ4v) is 5.39. The van der Waals surface area contributed by atoms with Crippen molar-refractivity contribution in [3.05, 3.63) is 35.4 Å². The predicted molar refractivity (Wildman–Crippen MR) is 103 cm³/mol. The summed E-state index contributed by atoms with van der Waals surface area (Å²) in [5, 5.41) is 22.4. The quantitative estimate of drug-likeness (QED) is 0.810. The van der Waals surface area contributed by atoms with Gasteiger partial charge in [-0.25, -0.2) is 0 Å². The third kappa shape index (κ3) is 2.74. The second kappa shape index (κ2) is 6.28. The zero-order chi connectivity index (χ0) is 18.5. The van der Waals surface area contributed by atoms with E-state index in [1.54, 1.807) is 13.2 Å². The Morgan fingerprint density at radius 3 is 2.77 bits per heavy atom. The first-order chi connectivity index (χ1) is 12.4. The molecule has 0 radical (unpaired) electrons. The summed E-state index contributed by atoms with van der Waals surface area (Å²) in [6, 6.07) is 3.63. The molecule has 1 aromatic rings. The number of allylic oxidation sites excluding steroid dienone is 1. The van der Waals surface area contributed by atoms with Crippen molar-refractivity contribution in [2.24, 2.45) is 5.92 Å². The summed E-state index contributed by atoms with van der Waals surface area (Å²) >= 11 is 0. The van der Waals surface area contributed by atoms with Gasteiger partial charge in [-0.3, -0.25) is 0 Å². The molecule has 1 aliphatic heterocycles. The van der Waals surface area contributed by atoms with Crippen LogP contribution < -0.4 is 4.74 Å². The Morgan fingerprint density at radius 1 is 1.31 bits per heavy atom. The van der Waals surface area contributed by atoms with Gasteiger partial charge in [0.15, 0.2) is 11.5 Å². The summed E-state index contributed by atoms with van der Waals surface area (Å²) in [6.07, 6.45) is 5.89. The molecule has 2 N–H and O–H groups in total. The smallest absolute Gasteiger partial charge is 0.164 e. The highest BCUT2D eigenvalue weighted by Gasteiger charge is 2.58. The van der Waals surface area contributed by atoms with E-state index >= 15 is 0 Å². The standard InChI is InChI=1S/C22H31NO3/c1-15-8-9-22(25)14-23(13-17-5-6-17)11-10-21(22,12-15)19-16(2)4-7-18(24)20(19)26-3/h4,7,17,24-25H,1,5-6,8-14H2,2-3H3/t21?,22-/m1/s1. The summed E-state index contributed by atoms with van der Waals surface area (Å²) in [7, 11) is 1.60. The molecule has 2 aliphatic carbocycles. The van der Waals surface area contributed by atoms with Crippen molar-refractivity contribution in [3.63, 3.8) is 0 Å². The maximum Gasteiger partial charge on any atom is 0.164 e. The molecule has 3 aliphatic rings. The minimum Gasteiger partial charge on any atom is -0.504 e. The number of benzene rings is 1. The number of ether oxygens (including phenoxy) is 1. The average Bonchev–Trinajstić information content (AvgIpc) is 3.41. The third-order valence-electron chi connectivity index (χ3n) is 6.92. The van der Waals surface area contributed by atoms with Gasteiger partial charge in [0.05, 0.1) is 12.7 Å². The number of rotatable bonds is 4. The van der Waals surface area contributed by atoms with Crippen LogP contribution in [0.5, 0.6) is 11.5 Å². The first-order valence-electron chi connectivity index (χ1n) is 9.87. The van der Waals surface area contributed by atoms with Gasteiger partial charge in [-0.2, -0.15) is 0 Å². The molecule has 26 heavy (non-hydrogen) atoms. The largest absolute Gasteiger partial charge is 0.504 e. The van der Waals surface area contributed by atoms with Gasteiger partial charge in [0.1, 0.15) is 0 Å². The summed E-state index contributed by atoms with van der Waals surface area (Å²) in [5.41, 5.74) is 2.00. The Bertz CT molecular complexity index is 726. The Balaban J connectivity index is 1.80. The van der Waals surface area contributed by atoms with E-state index in [2.05, 4.69) is 18.4 Å². The second-order valence-corrected chi connectivity index (χ2v) is 8.78.